The molecule has 3 heterocycles. The van der Waals surface area contributed by atoms with Crippen LogP contribution < -0.4 is 5.73 Å². The van der Waals surface area contributed by atoms with E-state index in [-0.39, 0.29) is 11.8 Å². The van der Waals surface area contributed by atoms with Gasteiger partial charge in [-0.25, -0.2) is 4.98 Å². The second kappa shape index (κ2) is 6.55. The van der Waals surface area contributed by atoms with Gasteiger partial charge in [-0.2, -0.15) is 0 Å². The molecule has 0 radical (unpaired) electrons. The van der Waals surface area contributed by atoms with Crippen molar-refractivity contribution in [3.8, 4) is 0 Å². The molecule has 7 heteroatoms. The summed E-state index contributed by atoms with van der Waals surface area (Å²) in [5.41, 5.74) is 5.78. The summed E-state index contributed by atoms with van der Waals surface area (Å²) < 4.78 is 5.44. The molecule has 24 heavy (non-hydrogen) atoms. The van der Waals surface area contributed by atoms with Gasteiger partial charge in [-0.1, -0.05) is 6.42 Å². The monoisotopic (exact) mass is 334 g/mol. The van der Waals surface area contributed by atoms with Crippen LogP contribution in [0.25, 0.3) is 0 Å². The zero-order valence-corrected chi connectivity index (χ0v) is 14.5. The van der Waals surface area contributed by atoms with E-state index in [1.54, 1.807) is 18.7 Å². The van der Waals surface area contributed by atoms with E-state index in [0.29, 0.717) is 43.3 Å². The van der Waals surface area contributed by atoms with E-state index < -0.39 is 5.54 Å². The zero-order chi connectivity index (χ0) is 17.3. The number of hydrogen-bond acceptors (Lipinski definition) is 5. The molecule has 2 N–H and O–H groups in total. The minimum atomic E-state index is -0.608. The highest BCUT2D eigenvalue weighted by Gasteiger charge is 2.46. The summed E-state index contributed by atoms with van der Waals surface area (Å²) in [4.78, 5) is 33.0. The Bertz CT molecular complexity index is 626. The SMILES string of the molecule is Cc1nc(C)c(C(=O)N2CCC(C(N)=O)(N3CCCCC3)CC2)o1. The molecule has 0 saturated carbocycles. The molecule has 1 aromatic heterocycles. The van der Waals surface area contributed by atoms with E-state index >= 15 is 0 Å². The number of primary amides is 1. The van der Waals surface area contributed by atoms with Gasteiger partial charge in [0.25, 0.3) is 5.91 Å². The summed E-state index contributed by atoms with van der Waals surface area (Å²) in [5.74, 6) is 0.387. The van der Waals surface area contributed by atoms with Gasteiger partial charge in [-0.3, -0.25) is 14.5 Å². The molecule has 132 valence electrons. The maximum absolute atomic E-state index is 12.7. The average Bonchev–Trinajstić information content (AvgIpc) is 2.93. The lowest BCUT2D eigenvalue weighted by atomic mass is 9.83. The third-order valence-electron chi connectivity index (χ3n) is 5.40. The van der Waals surface area contributed by atoms with E-state index in [2.05, 4.69) is 9.88 Å². The summed E-state index contributed by atoms with van der Waals surface area (Å²) in [6.45, 7) is 6.35. The van der Waals surface area contributed by atoms with Gasteiger partial charge in [0, 0.05) is 20.0 Å². The van der Waals surface area contributed by atoms with E-state index in [9.17, 15) is 9.59 Å². The lowest BCUT2D eigenvalue weighted by Gasteiger charge is -2.48. The predicted molar refractivity (Wildman–Crippen MR) is 88.5 cm³/mol. The lowest BCUT2D eigenvalue weighted by Crippen LogP contribution is -2.63. The first-order valence-electron chi connectivity index (χ1n) is 8.72. The van der Waals surface area contributed by atoms with Crippen LogP contribution in [0.3, 0.4) is 0 Å². The molecule has 2 aliphatic rings. The standard InChI is InChI=1S/C17H26N4O3/c1-12-14(24-13(2)19-12)15(22)20-10-6-17(7-11-20,16(18)23)21-8-4-3-5-9-21/h3-11H2,1-2H3,(H2,18,23). The summed E-state index contributed by atoms with van der Waals surface area (Å²) >= 11 is 0. The number of piperidine rings is 2. The minimum absolute atomic E-state index is 0.148. The summed E-state index contributed by atoms with van der Waals surface area (Å²) in [6.07, 6.45) is 4.59. The molecule has 2 aliphatic heterocycles. The molecular weight excluding hydrogens is 308 g/mol. The smallest absolute Gasteiger partial charge is 0.291 e. The Kier molecular flexibility index (Phi) is 4.62. The normalized spacial score (nSPS) is 21.7. The van der Waals surface area contributed by atoms with Gasteiger partial charge in [0.1, 0.15) is 5.54 Å². The number of hydrogen-bond donors (Lipinski definition) is 1. The molecule has 0 unspecified atom stereocenters. The van der Waals surface area contributed by atoms with Gasteiger partial charge in [0.15, 0.2) is 5.89 Å². The highest BCUT2D eigenvalue weighted by Crippen LogP contribution is 2.32. The first-order chi connectivity index (χ1) is 11.4. The molecule has 0 aliphatic carbocycles. The molecule has 1 aromatic rings. The Hall–Kier alpha value is -1.89. The number of likely N-dealkylation sites (tertiary alicyclic amines) is 2. The van der Waals surface area contributed by atoms with Crippen LogP contribution in [-0.4, -0.2) is 58.3 Å². The van der Waals surface area contributed by atoms with Crippen LogP contribution in [0.2, 0.25) is 0 Å². The number of nitrogens with zero attached hydrogens (tertiary/aromatic N) is 3. The Morgan fingerprint density at radius 2 is 1.71 bits per heavy atom. The number of nitrogens with two attached hydrogens (primary N) is 1. The number of amides is 2. The minimum Gasteiger partial charge on any atom is -0.436 e. The maximum Gasteiger partial charge on any atom is 0.291 e. The Balaban J connectivity index is 1.72. The van der Waals surface area contributed by atoms with E-state index in [1.165, 1.54) is 6.42 Å². The van der Waals surface area contributed by atoms with Crippen LogP contribution in [-0.2, 0) is 4.79 Å². The van der Waals surface area contributed by atoms with Crippen molar-refractivity contribution in [2.45, 2.75) is 51.5 Å². The molecule has 2 saturated heterocycles. The Labute approximate surface area is 142 Å². The molecular formula is C17H26N4O3. The van der Waals surface area contributed by atoms with Crippen molar-refractivity contribution in [1.29, 1.82) is 0 Å². The highest BCUT2D eigenvalue weighted by atomic mass is 16.4. The predicted octanol–water partition coefficient (Wildman–Crippen LogP) is 1.24. The number of carbonyl (C=O) groups is 2. The first kappa shape index (κ1) is 17.0. The van der Waals surface area contributed by atoms with Crippen LogP contribution in [0.1, 0.15) is 54.2 Å². The van der Waals surface area contributed by atoms with Gasteiger partial charge in [0.2, 0.25) is 11.7 Å². The molecule has 2 amide bonds. The third kappa shape index (κ3) is 2.92. The second-order valence-corrected chi connectivity index (χ2v) is 6.88. The average molecular weight is 334 g/mol. The van der Waals surface area contributed by atoms with Crippen LogP contribution in [0, 0.1) is 13.8 Å². The van der Waals surface area contributed by atoms with Crippen LogP contribution in [0.15, 0.2) is 4.42 Å². The van der Waals surface area contributed by atoms with Gasteiger partial charge in [0.05, 0.1) is 5.69 Å². The van der Waals surface area contributed by atoms with Gasteiger partial charge < -0.3 is 15.1 Å². The number of aromatic nitrogens is 1. The van der Waals surface area contributed by atoms with E-state index in [1.807, 2.05) is 0 Å². The molecule has 0 bridgehead atoms. The van der Waals surface area contributed by atoms with Crippen molar-refractivity contribution in [3.63, 3.8) is 0 Å². The second-order valence-electron chi connectivity index (χ2n) is 6.88. The highest BCUT2D eigenvalue weighted by molar-refractivity contribution is 5.93. The summed E-state index contributed by atoms with van der Waals surface area (Å²) in [5, 5.41) is 0. The summed E-state index contributed by atoms with van der Waals surface area (Å²) in [7, 11) is 0. The molecule has 0 spiro atoms. The Morgan fingerprint density at radius 3 is 2.21 bits per heavy atom. The number of carbonyl (C=O) groups excluding carboxylic acids is 2. The van der Waals surface area contributed by atoms with Crippen molar-refractivity contribution < 1.29 is 14.0 Å². The fourth-order valence-electron chi connectivity index (χ4n) is 3.99. The summed E-state index contributed by atoms with van der Waals surface area (Å²) in [6, 6.07) is 0. The first-order valence-corrected chi connectivity index (χ1v) is 8.72. The number of oxazole rings is 1. The zero-order valence-electron chi connectivity index (χ0n) is 14.5. The van der Waals surface area contributed by atoms with Gasteiger partial charge in [-0.05, 0) is 45.7 Å². The van der Waals surface area contributed by atoms with Crippen molar-refractivity contribution in [3.05, 3.63) is 17.3 Å². The van der Waals surface area contributed by atoms with Crippen molar-refractivity contribution in [2.75, 3.05) is 26.2 Å². The molecule has 7 nitrogen and oxygen atoms in total. The number of aryl methyl sites for hydroxylation is 2. The van der Waals surface area contributed by atoms with Gasteiger partial charge in [-0.15, -0.1) is 0 Å². The Morgan fingerprint density at radius 1 is 1.08 bits per heavy atom. The quantitative estimate of drug-likeness (QED) is 0.897. The fourth-order valence-corrected chi connectivity index (χ4v) is 3.99. The maximum atomic E-state index is 12.7. The van der Waals surface area contributed by atoms with E-state index in [0.717, 1.165) is 25.9 Å². The van der Waals surface area contributed by atoms with Crippen molar-refractivity contribution in [2.24, 2.45) is 5.73 Å². The van der Waals surface area contributed by atoms with Gasteiger partial charge >= 0.3 is 0 Å². The molecule has 0 aromatic carbocycles. The van der Waals surface area contributed by atoms with Crippen molar-refractivity contribution >= 4 is 11.8 Å². The van der Waals surface area contributed by atoms with E-state index in [4.69, 9.17) is 10.2 Å². The lowest BCUT2D eigenvalue weighted by molar-refractivity contribution is -0.134. The molecule has 0 atom stereocenters. The fraction of sp³-hybridized carbons (Fsp3) is 0.706. The number of rotatable bonds is 3. The third-order valence-corrected chi connectivity index (χ3v) is 5.40. The van der Waals surface area contributed by atoms with Crippen molar-refractivity contribution in [1.82, 2.24) is 14.8 Å². The largest absolute Gasteiger partial charge is 0.436 e. The molecule has 3 rings (SSSR count). The molecule has 2 fully saturated rings. The van der Waals surface area contributed by atoms with Crippen LogP contribution in [0.5, 0.6) is 0 Å². The van der Waals surface area contributed by atoms with Crippen LogP contribution >= 0.6 is 0 Å². The van der Waals surface area contributed by atoms with Crippen LogP contribution in [0.4, 0.5) is 0 Å². The topological polar surface area (TPSA) is 92.7 Å².